The molecule has 57 heavy (non-hydrogen) atoms. The summed E-state index contributed by atoms with van der Waals surface area (Å²) in [6, 6.07) is 0. The van der Waals surface area contributed by atoms with Crippen LogP contribution in [0.5, 0.6) is 0 Å². The van der Waals surface area contributed by atoms with Crippen LogP contribution in [0.3, 0.4) is 0 Å². The molecule has 0 saturated heterocycles. The first kappa shape index (κ1) is 54.2. The van der Waals surface area contributed by atoms with E-state index in [1.807, 2.05) is 0 Å². The molecule has 326 valence electrons. The van der Waals surface area contributed by atoms with E-state index in [1.165, 1.54) is 25.7 Å². The molecular formula is C46H77O10P. The largest absolute Gasteiger partial charge is 0.472 e. The Hall–Kier alpha value is -2.85. The van der Waals surface area contributed by atoms with Crippen LogP contribution < -0.4 is 0 Å². The molecule has 10 nitrogen and oxygen atoms in total. The molecule has 0 radical (unpaired) electrons. The lowest BCUT2D eigenvalue weighted by atomic mass is 10.1. The molecule has 0 heterocycles. The normalized spacial score (nSPS) is 14.7. The van der Waals surface area contributed by atoms with Crippen molar-refractivity contribution in [3.8, 4) is 0 Å². The highest BCUT2D eigenvalue weighted by atomic mass is 31.2. The lowest BCUT2D eigenvalue weighted by Crippen LogP contribution is -2.29. The maximum absolute atomic E-state index is 12.6. The van der Waals surface area contributed by atoms with Crippen molar-refractivity contribution >= 4 is 19.8 Å². The van der Waals surface area contributed by atoms with Crippen LogP contribution in [0.25, 0.3) is 0 Å². The number of esters is 2. The number of hydrogen-bond donors (Lipinski definition) is 3. The van der Waals surface area contributed by atoms with Crippen LogP contribution >= 0.6 is 7.82 Å². The van der Waals surface area contributed by atoms with Crippen LogP contribution in [0.2, 0.25) is 0 Å². The topological polar surface area (TPSA) is 149 Å². The highest BCUT2D eigenvalue weighted by Gasteiger charge is 2.27. The number of allylic oxidation sites excluding steroid dienone is 14. The van der Waals surface area contributed by atoms with E-state index in [1.54, 1.807) is 0 Å². The summed E-state index contributed by atoms with van der Waals surface area (Å²) in [4.78, 5) is 35.0. The molecule has 0 aromatic rings. The third kappa shape index (κ3) is 41.1. The SMILES string of the molecule is CCC=CCC=CCC=CCCCCCCCC(=O)OC[C@H](COP(=O)(O)OC[C@@H](O)CO)OC(=O)CCCCCC=CCC=CCC=CCC=CCCCCC. The summed E-state index contributed by atoms with van der Waals surface area (Å²) < 4.78 is 32.7. The molecular weight excluding hydrogens is 743 g/mol. The maximum atomic E-state index is 12.6. The number of aliphatic hydroxyl groups excluding tert-OH is 2. The van der Waals surface area contributed by atoms with E-state index in [2.05, 4.69) is 103 Å². The van der Waals surface area contributed by atoms with Crippen molar-refractivity contribution in [3.63, 3.8) is 0 Å². The summed E-state index contributed by atoms with van der Waals surface area (Å²) in [6.07, 6.45) is 48.3. The fraction of sp³-hybridized carbons (Fsp3) is 0.652. The Morgan fingerprint density at radius 1 is 0.544 bits per heavy atom. The van der Waals surface area contributed by atoms with Crippen LogP contribution in [0.15, 0.2) is 85.1 Å². The van der Waals surface area contributed by atoms with Crippen LogP contribution in [-0.2, 0) is 32.7 Å². The lowest BCUT2D eigenvalue weighted by Gasteiger charge is -2.20. The van der Waals surface area contributed by atoms with E-state index in [0.717, 1.165) is 89.9 Å². The summed E-state index contributed by atoms with van der Waals surface area (Å²) in [7, 11) is -4.64. The highest BCUT2D eigenvalue weighted by Crippen LogP contribution is 2.43. The van der Waals surface area contributed by atoms with Crippen LogP contribution in [0, 0.1) is 0 Å². The van der Waals surface area contributed by atoms with Gasteiger partial charge in [0.1, 0.15) is 12.7 Å². The van der Waals surface area contributed by atoms with Gasteiger partial charge < -0.3 is 24.6 Å². The number of phosphoric ester groups is 1. The zero-order valence-corrected chi connectivity index (χ0v) is 36.2. The van der Waals surface area contributed by atoms with Crippen LogP contribution in [-0.4, -0.2) is 65.7 Å². The van der Waals surface area contributed by atoms with Gasteiger partial charge in [-0.3, -0.25) is 18.6 Å². The van der Waals surface area contributed by atoms with Gasteiger partial charge in [-0.05, 0) is 89.9 Å². The van der Waals surface area contributed by atoms with Gasteiger partial charge in [0.25, 0.3) is 0 Å². The molecule has 0 aromatic carbocycles. The van der Waals surface area contributed by atoms with Gasteiger partial charge in [-0.2, -0.15) is 0 Å². The molecule has 0 amide bonds. The van der Waals surface area contributed by atoms with E-state index in [4.69, 9.17) is 19.1 Å². The maximum Gasteiger partial charge on any atom is 0.472 e. The molecule has 11 heteroatoms. The molecule has 3 N–H and O–H groups in total. The lowest BCUT2D eigenvalue weighted by molar-refractivity contribution is -0.161. The van der Waals surface area contributed by atoms with E-state index < -0.39 is 51.8 Å². The summed E-state index contributed by atoms with van der Waals surface area (Å²) in [5.74, 6) is -0.989. The number of hydrogen-bond acceptors (Lipinski definition) is 9. The molecule has 0 bridgehead atoms. The second-order valence-corrected chi connectivity index (χ2v) is 15.4. The summed E-state index contributed by atoms with van der Waals surface area (Å²) in [5.41, 5.74) is 0. The van der Waals surface area contributed by atoms with Gasteiger partial charge in [0.05, 0.1) is 19.8 Å². The predicted molar refractivity (Wildman–Crippen MR) is 233 cm³/mol. The molecule has 0 saturated carbocycles. The number of rotatable bonds is 39. The summed E-state index contributed by atoms with van der Waals surface area (Å²) in [5, 5.41) is 18.3. The first-order chi connectivity index (χ1) is 27.7. The van der Waals surface area contributed by atoms with Crippen molar-refractivity contribution in [2.75, 3.05) is 26.4 Å². The zero-order valence-electron chi connectivity index (χ0n) is 35.3. The van der Waals surface area contributed by atoms with Gasteiger partial charge in [-0.25, -0.2) is 4.57 Å². The molecule has 0 aliphatic carbocycles. The van der Waals surface area contributed by atoms with Crippen molar-refractivity contribution in [3.05, 3.63) is 85.1 Å². The highest BCUT2D eigenvalue weighted by molar-refractivity contribution is 7.47. The Morgan fingerprint density at radius 2 is 0.965 bits per heavy atom. The molecule has 0 fully saturated rings. The molecule has 0 rings (SSSR count). The van der Waals surface area contributed by atoms with Crippen LogP contribution in [0.1, 0.15) is 155 Å². The van der Waals surface area contributed by atoms with Gasteiger partial charge in [-0.1, -0.05) is 137 Å². The van der Waals surface area contributed by atoms with Crippen molar-refractivity contribution in [2.45, 2.75) is 167 Å². The Labute approximate surface area is 345 Å². The smallest absolute Gasteiger partial charge is 0.462 e. The van der Waals surface area contributed by atoms with Gasteiger partial charge in [0, 0.05) is 12.8 Å². The van der Waals surface area contributed by atoms with Crippen molar-refractivity contribution in [2.24, 2.45) is 0 Å². The Bertz CT molecular complexity index is 1220. The van der Waals surface area contributed by atoms with E-state index >= 15 is 0 Å². The monoisotopic (exact) mass is 821 g/mol. The minimum atomic E-state index is -4.64. The molecule has 0 aliphatic heterocycles. The number of phosphoric acid groups is 1. The van der Waals surface area contributed by atoms with Crippen molar-refractivity contribution < 1.29 is 47.8 Å². The number of unbranched alkanes of at least 4 members (excludes halogenated alkanes) is 11. The van der Waals surface area contributed by atoms with E-state index in [9.17, 15) is 24.2 Å². The van der Waals surface area contributed by atoms with E-state index in [-0.39, 0.29) is 19.4 Å². The van der Waals surface area contributed by atoms with Crippen molar-refractivity contribution in [1.29, 1.82) is 0 Å². The number of aliphatic hydroxyl groups is 2. The van der Waals surface area contributed by atoms with Gasteiger partial charge in [0.15, 0.2) is 6.10 Å². The summed E-state index contributed by atoms with van der Waals surface area (Å²) >= 11 is 0. The first-order valence-electron chi connectivity index (χ1n) is 21.5. The Balaban J connectivity index is 4.41. The predicted octanol–water partition coefficient (Wildman–Crippen LogP) is 11.4. The molecule has 0 spiro atoms. The number of ether oxygens (including phenoxy) is 2. The van der Waals surface area contributed by atoms with Gasteiger partial charge >= 0.3 is 19.8 Å². The Morgan fingerprint density at radius 3 is 1.47 bits per heavy atom. The molecule has 0 aromatic heterocycles. The average Bonchev–Trinajstić information content (AvgIpc) is 3.20. The first-order valence-corrected chi connectivity index (χ1v) is 23.0. The quantitative estimate of drug-likeness (QED) is 0.0237. The number of carbonyl (C=O) groups excluding carboxylic acids is 2. The van der Waals surface area contributed by atoms with Gasteiger partial charge in [-0.15, -0.1) is 0 Å². The number of carbonyl (C=O) groups is 2. The van der Waals surface area contributed by atoms with E-state index in [0.29, 0.717) is 12.8 Å². The molecule has 0 aliphatic rings. The Kier molecular flexibility index (Phi) is 39.2. The average molecular weight is 821 g/mol. The second kappa shape index (κ2) is 41.3. The molecule has 3 atom stereocenters. The molecule has 1 unspecified atom stereocenters. The minimum absolute atomic E-state index is 0.138. The standard InChI is InChI=1S/C46H77O10P/c1-3-5-7-9-11-13-15-17-19-20-21-22-24-26-28-30-32-34-36-38-46(50)56-44(42-55-57(51,52)54-40-43(48)39-47)41-53-45(49)37-35-33-31-29-27-25-23-18-16-14-12-10-8-6-4-2/h6,8,11-14,17-19,21-23,26,28,43-44,47-48H,3-5,7,9-10,15-16,20,24-25,27,29-42H2,1-2H3,(H,51,52)/t43-,44+/m0/s1. The second-order valence-electron chi connectivity index (χ2n) is 14.0. The fourth-order valence-electron chi connectivity index (χ4n) is 5.22. The zero-order chi connectivity index (χ0) is 41.9. The third-order valence-electron chi connectivity index (χ3n) is 8.53. The van der Waals surface area contributed by atoms with Crippen LogP contribution in [0.4, 0.5) is 0 Å². The summed E-state index contributed by atoms with van der Waals surface area (Å²) in [6.45, 7) is 2.16. The minimum Gasteiger partial charge on any atom is -0.462 e. The fourth-order valence-corrected chi connectivity index (χ4v) is 6.01. The third-order valence-corrected chi connectivity index (χ3v) is 9.48. The van der Waals surface area contributed by atoms with Gasteiger partial charge in [0.2, 0.25) is 0 Å². The van der Waals surface area contributed by atoms with Crippen molar-refractivity contribution in [1.82, 2.24) is 0 Å².